The minimum atomic E-state index is -1.30. The maximum absolute atomic E-state index is 12.9. The maximum atomic E-state index is 12.9. The molecule has 1 amide bonds. The fraction of sp³-hybridized carbons (Fsp3) is 0.278. The summed E-state index contributed by atoms with van der Waals surface area (Å²) in [6.07, 6.45) is 0. The molecule has 25 heavy (non-hydrogen) atoms. The number of hydrogen-bond acceptors (Lipinski definition) is 4. The summed E-state index contributed by atoms with van der Waals surface area (Å²) in [6.45, 7) is 0.412. The number of nitro groups is 1. The number of fused-ring (bicyclic) bond motifs is 2. The van der Waals surface area contributed by atoms with Gasteiger partial charge in [-0.15, -0.1) is 0 Å². The van der Waals surface area contributed by atoms with Gasteiger partial charge >= 0.3 is 0 Å². The molecule has 0 unspecified atom stereocenters. The molecule has 0 bridgehead atoms. The third-order valence-electron chi connectivity index (χ3n) is 5.34. The van der Waals surface area contributed by atoms with Crippen molar-refractivity contribution in [3.05, 3.63) is 74.8 Å². The molecule has 3 atom stereocenters. The van der Waals surface area contributed by atoms with Crippen LogP contribution in [-0.4, -0.2) is 35.4 Å². The quantitative estimate of drug-likeness (QED) is 0.662. The lowest BCUT2D eigenvalue weighted by molar-refractivity contribution is -0.534. The van der Waals surface area contributed by atoms with E-state index in [1.807, 2.05) is 6.07 Å². The van der Waals surface area contributed by atoms with E-state index in [-0.39, 0.29) is 10.8 Å². The van der Waals surface area contributed by atoms with Gasteiger partial charge in [0.15, 0.2) is 5.54 Å². The molecule has 1 fully saturated rings. The van der Waals surface area contributed by atoms with Crippen molar-refractivity contribution >= 4 is 23.2 Å². The summed E-state index contributed by atoms with van der Waals surface area (Å²) in [6, 6.07) is 13.2. The highest BCUT2D eigenvalue weighted by Crippen LogP contribution is 2.51. The summed E-state index contributed by atoms with van der Waals surface area (Å²) in [7, 11) is 1.77. The molecule has 6 nitrogen and oxygen atoms in total. The van der Waals surface area contributed by atoms with Gasteiger partial charge in [-0.25, -0.2) is 0 Å². The van der Waals surface area contributed by atoms with Gasteiger partial charge in [0.25, 0.3) is 11.9 Å². The lowest BCUT2D eigenvalue weighted by atomic mass is 9.79. The van der Waals surface area contributed by atoms with E-state index in [2.05, 4.69) is 5.32 Å². The minimum absolute atomic E-state index is 0.315. The number of benzene rings is 2. The fourth-order valence-corrected chi connectivity index (χ4v) is 4.42. The van der Waals surface area contributed by atoms with Gasteiger partial charge in [0.05, 0.1) is 5.92 Å². The molecular weight excluding hydrogens is 342 g/mol. The first-order valence-electron chi connectivity index (χ1n) is 7.97. The fourth-order valence-electron chi connectivity index (χ4n) is 4.29. The second kappa shape index (κ2) is 5.54. The molecule has 0 aromatic heterocycles. The zero-order valence-electron chi connectivity index (χ0n) is 13.5. The van der Waals surface area contributed by atoms with Crippen LogP contribution in [0.2, 0.25) is 5.02 Å². The van der Waals surface area contributed by atoms with E-state index >= 15 is 0 Å². The molecule has 1 N–H and O–H groups in total. The van der Waals surface area contributed by atoms with Crippen molar-refractivity contribution in [2.24, 2.45) is 0 Å². The van der Waals surface area contributed by atoms with Gasteiger partial charge in [0.2, 0.25) is 0 Å². The molecule has 2 aromatic carbocycles. The van der Waals surface area contributed by atoms with Crippen molar-refractivity contribution in [2.75, 3.05) is 18.9 Å². The maximum Gasteiger partial charge on any atom is 0.256 e. The monoisotopic (exact) mass is 357 g/mol. The van der Waals surface area contributed by atoms with E-state index in [0.717, 1.165) is 5.56 Å². The molecule has 7 heteroatoms. The molecule has 2 aliphatic heterocycles. The lowest BCUT2D eigenvalue weighted by Crippen LogP contribution is -2.54. The summed E-state index contributed by atoms with van der Waals surface area (Å²) < 4.78 is 0. The molecule has 1 saturated heterocycles. The summed E-state index contributed by atoms with van der Waals surface area (Å²) in [5.41, 5.74) is 0.820. The average Bonchev–Trinajstić information content (AvgIpc) is 3.05. The number of halogens is 1. The summed E-state index contributed by atoms with van der Waals surface area (Å²) in [4.78, 5) is 26.5. The van der Waals surface area contributed by atoms with E-state index in [4.69, 9.17) is 11.6 Å². The van der Waals surface area contributed by atoms with E-state index in [1.54, 1.807) is 54.4 Å². The highest BCUT2D eigenvalue weighted by atomic mass is 35.5. The second-order valence-electron chi connectivity index (χ2n) is 6.53. The van der Waals surface area contributed by atoms with Crippen molar-refractivity contribution in [3.8, 4) is 0 Å². The van der Waals surface area contributed by atoms with Crippen LogP contribution in [0.4, 0.5) is 5.69 Å². The Morgan fingerprint density at radius 3 is 2.60 bits per heavy atom. The number of carbonyl (C=O) groups excluding carboxylic acids is 1. The van der Waals surface area contributed by atoms with Crippen molar-refractivity contribution in [1.29, 1.82) is 0 Å². The molecule has 4 rings (SSSR count). The smallest absolute Gasteiger partial charge is 0.256 e. The van der Waals surface area contributed by atoms with Gasteiger partial charge < -0.3 is 5.32 Å². The van der Waals surface area contributed by atoms with Crippen molar-refractivity contribution in [1.82, 2.24) is 4.90 Å². The largest absolute Gasteiger partial charge is 0.324 e. The Kier molecular flexibility index (Phi) is 3.56. The molecule has 0 radical (unpaired) electrons. The van der Waals surface area contributed by atoms with Gasteiger partial charge in [0.1, 0.15) is 0 Å². The third kappa shape index (κ3) is 2.11. The first-order chi connectivity index (χ1) is 12.0. The topological polar surface area (TPSA) is 75.5 Å². The lowest BCUT2D eigenvalue weighted by Gasteiger charge is -2.30. The van der Waals surface area contributed by atoms with Crippen LogP contribution in [0.25, 0.3) is 0 Å². The normalized spacial score (nSPS) is 28.2. The molecule has 2 aliphatic rings. The molecule has 2 heterocycles. The van der Waals surface area contributed by atoms with Gasteiger partial charge in [-0.1, -0.05) is 41.9 Å². The number of anilines is 1. The first-order valence-corrected chi connectivity index (χ1v) is 8.35. The molecular formula is C18H16ClN3O3. The zero-order chi connectivity index (χ0) is 17.8. The van der Waals surface area contributed by atoms with Crippen LogP contribution in [0.5, 0.6) is 0 Å². The number of nitrogens with zero attached hydrogens (tertiary/aromatic N) is 2. The Hall–Kier alpha value is -2.44. The number of amides is 1. The van der Waals surface area contributed by atoms with Crippen molar-refractivity contribution in [2.45, 2.75) is 17.5 Å². The van der Waals surface area contributed by atoms with Gasteiger partial charge in [0, 0.05) is 27.7 Å². The standard InChI is InChI=1S/C18H16ClN3O3/c1-21-10-13(11-6-8-12(19)9-7-11)16(22(24)25)18(21)14-4-2-3-5-15(14)20-17(18)23/h2-9,13,16H,10H2,1H3,(H,20,23)/t13-,16+,18+/m1/s1. The van der Waals surface area contributed by atoms with Crippen molar-refractivity contribution in [3.63, 3.8) is 0 Å². The molecule has 128 valence electrons. The average molecular weight is 358 g/mol. The number of rotatable bonds is 2. The summed E-state index contributed by atoms with van der Waals surface area (Å²) in [5, 5.41) is 15.5. The Balaban J connectivity index is 1.90. The molecule has 0 saturated carbocycles. The molecule has 1 spiro atoms. The number of hydrogen-bond donors (Lipinski definition) is 1. The van der Waals surface area contributed by atoms with E-state index < -0.39 is 17.5 Å². The Morgan fingerprint density at radius 2 is 1.92 bits per heavy atom. The summed E-state index contributed by atoms with van der Waals surface area (Å²) >= 11 is 5.95. The second-order valence-corrected chi connectivity index (χ2v) is 6.97. The van der Waals surface area contributed by atoms with Crippen LogP contribution >= 0.6 is 11.6 Å². The van der Waals surface area contributed by atoms with Gasteiger partial charge in [-0.2, -0.15) is 0 Å². The number of carbonyl (C=O) groups is 1. The van der Waals surface area contributed by atoms with Gasteiger partial charge in [-0.3, -0.25) is 19.8 Å². The van der Waals surface area contributed by atoms with Crippen LogP contribution in [0, 0.1) is 10.1 Å². The number of likely N-dealkylation sites (N-methyl/N-ethyl adjacent to an activating group) is 1. The van der Waals surface area contributed by atoms with Crippen LogP contribution in [-0.2, 0) is 10.3 Å². The number of likely N-dealkylation sites (tertiary alicyclic amines) is 1. The zero-order valence-corrected chi connectivity index (χ0v) is 14.2. The van der Waals surface area contributed by atoms with Crippen LogP contribution < -0.4 is 5.32 Å². The number of para-hydroxylation sites is 1. The predicted molar refractivity (Wildman–Crippen MR) is 94.4 cm³/mol. The number of nitrogens with one attached hydrogen (secondary N) is 1. The Labute approximate surface area is 149 Å². The highest BCUT2D eigenvalue weighted by Gasteiger charge is 2.68. The Morgan fingerprint density at radius 1 is 1.24 bits per heavy atom. The van der Waals surface area contributed by atoms with Crippen LogP contribution in [0.3, 0.4) is 0 Å². The predicted octanol–water partition coefficient (Wildman–Crippen LogP) is 2.86. The minimum Gasteiger partial charge on any atom is -0.324 e. The summed E-state index contributed by atoms with van der Waals surface area (Å²) in [5.74, 6) is -0.747. The SMILES string of the molecule is CN1C[C@H](c2ccc(Cl)cc2)[C@H]([N+](=O)[O-])[C@@]12C(=O)Nc1ccccc12. The Bertz CT molecular complexity index is 870. The van der Waals surface area contributed by atoms with Gasteiger partial charge in [-0.05, 0) is 30.8 Å². The van der Waals surface area contributed by atoms with E-state index in [9.17, 15) is 14.9 Å². The third-order valence-corrected chi connectivity index (χ3v) is 5.59. The molecule has 0 aliphatic carbocycles. The first kappa shape index (κ1) is 16.1. The van der Waals surface area contributed by atoms with E-state index in [0.29, 0.717) is 22.8 Å². The molecule has 2 aromatic rings. The van der Waals surface area contributed by atoms with E-state index in [1.165, 1.54) is 0 Å². The van der Waals surface area contributed by atoms with Crippen LogP contribution in [0.1, 0.15) is 17.0 Å². The highest BCUT2D eigenvalue weighted by molar-refractivity contribution is 6.30. The van der Waals surface area contributed by atoms with Crippen molar-refractivity contribution < 1.29 is 9.72 Å². The van der Waals surface area contributed by atoms with Crippen LogP contribution in [0.15, 0.2) is 48.5 Å².